The number of carbonyl (C=O) groups excluding carboxylic acids is 1. The van der Waals surface area contributed by atoms with E-state index in [1.807, 2.05) is 0 Å². The first-order valence-electron chi connectivity index (χ1n) is 7.99. The maximum absolute atomic E-state index is 12.5. The summed E-state index contributed by atoms with van der Waals surface area (Å²) in [5.41, 5.74) is 1.06. The maximum Gasteiger partial charge on any atom is 0.256 e. The molecule has 1 fully saturated rings. The quantitative estimate of drug-likeness (QED) is 0.318. The van der Waals surface area contributed by atoms with Crippen molar-refractivity contribution >= 4 is 35.6 Å². The third kappa shape index (κ3) is 5.61. The Morgan fingerprint density at radius 1 is 1.44 bits per heavy atom. The number of aliphatic hydroxyl groups is 1. The van der Waals surface area contributed by atoms with Gasteiger partial charge in [0.15, 0.2) is 0 Å². The largest absolute Gasteiger partial charge is 0.384 e. The van der Waals surface area contributed by atoms with Crippen LogP contribution in [0.3, 0.4) is 0 Å². The van der Waals surface area contributed by atoms with Gasteiger partial charge < -0.3 is 21.1 Å². The predicted octanol–water partition coefficient (Wildman–Crippen LogP) is 1.46. The molecule has 25 heavy (non-hydrogen) atoms. The third-order valence-electron chi connectivity index (χ3n) is 3.52. The molecule has 0 atom stereocenters. The molecule has 0 saturated heterocycles. The van der Waals surface area contributed by atoms with E-state index in [2.05, 4.69) is 25.9 Å². The first kappa shape index (κ1) is 19.0. The summed E-state index contributed by atoms with van der Waals surface area (Å²) in [6, 6.07) is 5.46. The summed E-state index contributed by atoms with van der Waals surface area (Å²) in [6.07, 6.45) is 3.44. The maximum atomic E-state index is 12.5. The summed E-state index contributed by atoms with van der Waals surface area (Å²) in [4.78, 5) is 20.8. The van der Waals surface area contributed by atoms with Crippen molar-refractivity contribution in [3.63, 3.8) is 0 Å². The zero-order valence-corrected chi connectivity index (χ0v) is 15.4. The van der Waals surface area contributed by atoms with Crippen LogP contribution in [0, 0.1) is 0 Å². The van der Waals surface area contributed by atoms with Crippen LogP contribution in [0.4, 0.5) is 5.82 Å². The normalized spacial score (nSPS) is 15.5. The molecule has 4 N–H and O–H groups in total. The van der Waals surface area contributed by atoms with Crippen LogP contribution in [0.15, 0.2) is 34.6 Å². The van der Waals surface area contributed by atoms with Crippen molar-refractivity contribution in [1.82, 2.24) is 15.6 Å². The molecule has 1 amide bonds. The lowest BCUT2D eigenvalue weighted by molar-refractivity contribution is -0.117. The Hall–Kier alpha value is -2.32. The van der Waals surface area contributed by atoms with Gasteiger partial charge in [0.2, 0.25) is 0 Å². The molecule has 8 heteroatoms. The van der Waals surface area contributed by atoms with Crippen LogP contribution in [-0.4, -0.2) is 40.8 Å². The lowest BCUT2D eigenvalue weighted by atomic mass is 10.1. The third-order valence-corrected chi connectivity index (χ3v) is 3.63. The lowest BCUT2D eigenvalue weighted by Crippen LogP contribution is -2.32. The number of aliphatic imine (C=N–C) groups is 1. The number of pyridine rings is 1. The first-order valence-corrected chi connectivity index (χ1v) is 8.46. The zero-order valence-electron chi connectivity index (χ0n) is 14.5. The highest BCUT2D eigenvalue weighted by Gasteiger charge is 2.26. The molecule has 0 aliphatic heterocycles. The smallest absolute Gasteiger partial charge is 0.256 e. The Labute approximate surface area is 152 Å². The number of hydrogen-bond donors (Lipinski definition) is 4. The van der Waals surface area contributed by atoms with E-state index < -0.39 is 5.60 Å². The van der Waals surface area contributed by atoms with Gasteiger partial charge in [-0.25, -0.2) is 4.98 Å². The van der Waals surface area contributed by atoms with E-state index in [0.717, 1.165) is 12.8 Å². The van der Waals surface area contributed by atoms with E-state index in [4.69, 9.17) is 12.2 Å². The molecule has 134 valence electrons. The number of amides is 1. The van der Waals surface area contributed by atoms with Crippen LogP contribution >= 0.6 is 12.2 Å². The molecule has 0 bridgehead atoms. The number of thiocarbonyl (C=S) groups is 1. The van der Waals surface area contributed by atoms with E-state index in [-0.39, 0.29) is 11.9 Å². The molecule has 1 heterocycles. The van der Waals surface area contributed by atoms with Crippen LogP contribution in [0.2, 0.25) is 0 Å². The molecule has 1 aliphatic rings. The van der Waals surface area contributed by atoms with Gasteiger partial charge in [0.25, 0.3) is 5.91 Å². The molecule has 1 aromatic heterocycles. The van der Waals surface area contributed by atoms with Gasteiger partial charge >= 0.3 is 0 Å². The summed E-state index contributed by atoms with van der Waals surface area (Å²) in [5.74, 6) is 0.609. The predicted molar refractivity (Wildman–Crippen MR) is 103 cm³/mol. The number of carbonyl (C=O) groups is 1. The molecule has 0 radical (unpaired) electrons. The van der Waals surface area contributed by atoms with Crippen molar-refractivity contribution < 1.29 is 9.90 Å². The van der Waals surface area contributed by atoms with Gasteiger partial charge in [0, 0.05) is 19.3 Å². The number of nitrogens with zero attached hydrogens (tertiary/aromatic N) is 2. The van der Waals surface area contributed by atoms with Gasteiger partial charge in [0.05, 0.1) is 16.8 Å². The van der Waals surface area contributed by atoms with Gasteiger partial charge in [-0.1, -0.05) is 18.3 Å². The molecule has 2 rings (SSSR count). The number of rotatable bonds is 8. The van der Waals surface area contributed by atoms with Crippen molar-refractivity contribution in [1.29, 1.82) is 0 Å². The number of hydrogen-bond acceptors (Lipinski definition) is 6. The van der Waals surface area contributed by atoms with Crippen molar-refractivity contribution in [3.8, 4) is 0 Å². The highest BCUT2D eigenvalue weighted by atomic mass is 32.1. The minimum Gasteiger partial charge on any atom is -0.384 e. The average molecular weight is 361 g/mol. The molecule has 1 aliphatic carbocycles. The monoisotopic (exact) mass is 361 g/mol. The van der Waals surface area contributed by atoms with Crippen LogP contribution in [0.1, 0.15) is 32.4 Å². The van der Waals surface area contributed by atoms with Crippen LogP contribution in [0.25, 0.3) is 0 Å². The SMILES string of the molecule is CN=C/C(C(=O)NC1CC1)=C(\NC=S)Nc1cccc(C(C)(C)O)n1. The molecule has 0 spiro atoms. The summed E-state index contributed by atoms with van der Waals surface area (Å²) < 4.78 is 0. The molecule has 0 aromatic carbocycles. The Kier molecular flexibility index (Phi) is 6.22. The van der Waals surface area contributed by atoms with E-state index in [1.165, 1.54) is 11.7 Å². The Bertz CT molecular complexity index is 705. The van der Waals surface area contributed by atoms with Gasteiger partial charge in [-0.3, -0.25) is 9.79 Å². The second-order valence-electron chi connectivity index (χ2n) is 6.28. The fourth-order valence-corrected chi connectivity index (χ4v) is 2.19. The topological polar surface area (TPSA) is 98.6 Å². The highest BCUT2D eigenvalue weighted by molar-refractivity contribution is 7.78. The molecular weight excluding hydrogens is 338 g/mol. The lowest BCUT2D eigenvalue weighted by Gasteiger charge is -2.19. The molecular formula is C17H23N5O2S. The van der Waals surface area contributed by atoms with Gasteiger partial charge in [-0.2, -0.15) is 0 Å². The fourth-order valence-electron chi connectivity index (χ4n) is 2.07. The first-order chi connectivity index (χ1) is 11.8. The van der Waals surface area contributed by atoms with Crippen molar-refractivity contribution in [2.24, 2.45) is 4.99 Å². The molecule has 7 nitrogen and oxygen atoms in total. The van der Waals surface area contributed by atoms with E-state index >= 15 is 0 Å². The Balaban J connectivity index is 2.33. The number of aromatic nitrogens is 1. The van der Waals surface area contributed by atoms with Crippen LogP contribution < -0.4 is 16.0 Å². The fraction of sp³-hybridized carbons (Fsp3) is 0.412. The minimum absolute atomic E-state index is 0.220. The zero-order chi connectivity index (χ0) is 18.4. The summed E-state index contributed by atoms with van der Waals surface area (Å²) >= 11 is 4.87. The van der Waals surface area contributed by atoms with Crippen molar-refractivity contribution in [3.05, 3.63) is 35.3 Å². The van der Waals surface area contributed by atoms with E-state index in [9.17, 15) is 9.90 Å². The van der Waals surface area contributed by atoms with E-state index in [0.29, 0.717) is 22.9 Å². The molecule has 1 aromatic rings. The second-order valence-corrected chi connectivity index (χ2v) is 6.51. The summed E-state index contributed by atoms with van der Waals surface area (Å²) in [5, 5.41) is 18.9. The van der Waals surface area contributed by atoms with E-state index in [1.54, 1.807) is 39.1 Å². The van der Waals surface area contributed by atoms with Gasteiger partial charge in [-0.05, 0) is 38.8 Å². The standard InChI is InChI=1S/C17H23N5O2S/c1-17(2,24)13-5-4-6-14(21-13)22-15(19-10-25)12(9-18-3)16(23)20-11-7-8-11/h4-6,9-11,24H,7-8H2,1-3H3,(H,19,25)(H,20,23)(H,21,22)/b15-12-,18-9?. The van der Waals surface area contributed by atoms with Gasteiger partial charge in [-0.15, -0.1) is 0 Å². The van der Waals surface area contributed by atoms with Crippen LogP contribution in [0.5, 0.6) is 0 Å². The number of anilines is 1. The Morgan fingerprint density at radius 2 is 2.16 bits per heavy atom. The average Bonchev–Trinajstić information content (AvgIpc) is 3.35. The van der Waals surface area contributed by atoms with Gasteiger partial charge in [0.1, 0.15) is 17.2 Å². The van der Waals surface area contributed by atoms with Crippen LogP contribution in [-0.2, 0) is 10.4 Å². The summed E-state index contributed by atoms with van der Waals surface area (Å²) in [7, 11) is 1.59. The van der Waals surface area contributed by atoms with Crippen molar-refractivity contribution in [2.45, 2.75) is 38.3 Å². The molecule has 0 unspecified atom stereocenters. The Morgan fingerprint density at radius 3 is 2.72 bits per heavy atom. The van der Waals surface area contributed by atoms with Crippen molar-refractivity contribution in [2.75, 3.05) is 12.4 Å². The molecule has 1 saturated carbocycles. The summed E-state index contributed by atoms with van der Waals surface area (Å²) in [6.45, 7) is 3.31. The second kappa shape index (κ2) is 8.17. The highest BCUT2D eigenvalue weighted by Crippen LogP contribution is 2.21. The number of nitrogens with one attached hydrogen (secondary N) is 3. The minimum atomic E-state index is -1.07.